The Morgan fingerprint density at radius 2 is 2.56 bits per heavy atom. The molecule has 0 aromatic carbocycles. The molecule has 1 saturated heterocycles. The number of nitriles is 1. The molecule has 0 amide bonds. The normalized spacial score (nSPS) is 32.0. The van der Waals surface area contributed by atoms with Crippen molar-refractivity contribution in [1.82, 2.24) is 0 Å². The molecular formula is C11H13NO4. The predicted molar refractivity (Wildman–Crippen MR) is 52.8 cm³/mol. The fourth-order valence-electron chi connectivity index (χ4n) is 2.05. The lowest BCUT2D eigenvalue weighted by molar-refractivity contribution is -0.158. The monoisotopic (exact) mass is 223 g/mol. The van der Waals surface area contributed by atoms with Gasteiger partial charge in [-0.25, -0.2) is 0 Å². The van der Waals surface area contributed by atoms with Crippen LogP contribution in [0.2, 0.25) is 0 Å². The van der Waals surface area contributed by atoms with Crippen molar-refractivity contribution in [1.29, 1.82) is 5.26 Å². The first-order valence-electron chi connectivity index (χ1n) is 5.33. The van der Waals surface area contributed by atoms with Gasteiger partial charge in [0.05, 0.1) is 19.1 Å². The Balaban J connectivity index is 2.19. The lowest BCUT2D eigenvalue weighted by Crippen LogP contribution is -2.35. The van der Waals surface area contributed by atoms with Crippen molar-refractivity contribution >= 4 is 5.97 Å². The molecule has 0 saturated carbocycles. The second kappa shape index (κ2) is 4.54. The van der Waals surface area contributed by atoms with E-state index in [1.807, 2.05) is 6.07 Å². The average molecular weight is 223 g/mol. The van der Waals surface area contributed by atoms with E-state index >= 15 is 0 Å². The number of hydrogen-bond donors (Lipinski definition) is 0. The summed E-state index contributed by atoms with van der Waals surface area (Å²) in [5, 5.41) is 8.79. The van der Waals surface area contributed by atoms with Crippen molar-refractivity contribution in [3.05, 3.63) is 11.8 Å². The fourth-order valence-corrected chi connectivity index (χ4v) is 2.05. The quantitative estimate of drug-likeness (QED) is 0.652. The van der Waals surface area contributed by atoms with E-state index in [2.05, 4.69) is 0 Å². The molecule has 0 aliphatic carbocycles. The van der Waals surface area contributed by atoms with Crippen molar-refractivity contribution in [2.24, 2.45) is 11.8 Å². The first-order valence-corrected chi connectivity index (χ1v) is 5.33. The van der Waals surface area contributed by atoms with Gasteiger partial charge in [0.25, 0.3) is 0 Å². The second-order valence-electron chi connectivity index (χ2n) is 3.73. The molecule has 0 aromatic rings. The summed E-state index contributed by atoms with van der Waals surface area (Å²) >= 11 is 0. The number of ether oxygens (including phenoxy) is 3. The second-order valence-corrected chi connectivity index (χ2v) is 3.73. The molecule has 5 heteroatoms. The number of carbonyl (C=O) groups excluding carboxylic acids is 1. The van der Waals surface area contributed by atoms with E-state index in [9.17, 15) is 4.79 Å². The van der Waals surface area contributed by atoms with Crippen LogP contribution in [-0.4, -0.2) is 25.5 Å². The molecule has 16 heavy (non-hydrogen) atoms. The first kappa shape index (κ1) is 11.0. The highest BCUT2D eigenvalue weighted by Gasteiger charge is 2.43. The Bertz CT molecular complexity index is 357. The summed E-state index contributed by atoms with van der Waals surface area (Å²) in [6.07, 6.45) is 1.81. The van der Waals surface area contributed by atoms with E-state index in [1.165, 1.54) is 6.08 Å². The standard InChI is InChI=1S/C11H13NO4/c1-2-14-10(13)9-5-7(6-12)16-11-8(9)3-4-15-11/h5,8-9,11H,2-4H2,1H3/t8-,9+,11+/m0/s1. The average Bonchev–Trinajstić information content (AvgIpc) is 2.75. The minimum absolute atomic E-state index is 0.0313. The number of allylic oxidation sites excluding steroid dienone is 1. The number of carbonyl (C=O) groups is 1. The van der Waals surface area contributed by atoms with Gasteiger partial charge < -0.3 is 14.2 Å². The molecule has 2 aliphatic rings. The summed E-state index contributed by atoms with van der Waals surface area (Å²) in [5.74, 6) is -0.618. The summed E-state index contributed by atoms with van der Waals surface area (Å²) < 4.78 is 15.6. The Morgan fingerprint density at radius 3 is 3.25 bits per heavy atom. The largest absolute Gasteiger partial charge is 0.466 e. The van der Waals surface area contributed by atoms with E-state index < -0.39 is 12.2 Å². The minimum Gasteiger partial charge on any atom is -0.466 e. The number of esters is 1. The van der Waals surface area contributed by atoms with Crippen LogP contribution < -0.4 is 0 Å². The zero-order chi connectivity index (χ0) is 11.5. The van der Waals surface area contributed by atoms with Crippen LogP contribution in [0.1, 0.15) is 13.3 Å². The molecule has 3 atom stereocenters. The SMILES string of the molecule is CCOC(=O)[C@@H]1C=C(C#N)O[C@H]2OCC[C@H]21. The molecule has 86 valence electrons. The Labute approximate surface area is 93.6 Å². The molecule has 0 unspecified atom stereocenters. The molecule has 2 rings (SSSR count). The molecule has 2 heterocycles. The molecule has 0 radical (unpaired) electrons. The molecule has 0 N–H and O–H groups in total. The van der Waals surface area contributed by atoms with Gasteiger partial charge in [-0.3, -0.25) is 4.79 Å². The lowest BCUT2D eigenvalue weighted by Gasteiger charge is -2.28. The highest BCUT2D eigenvalue weighted by Crippen LogP contribution is 2.36. The Kier molecular flexibility index (Phi) is 3.11. The zero-order valence-corrected chi connectivity index (χ0v) is 9.01. The third-order valence-electron chi connectivity index (χ3n) is 2.79. The van der Waals surface area contributed by atoms with Crippen LogP contribution in [-0.2, 0) is 19.0 Å². The van der Waals surface area contributed by atoms with E-state index in [1.54, 1.807) is 6.92 Å². The van der Waals surface area contributed by atoms with Crippen LogP contribution in [0.15, 0.2) is 11.8 Å². The summed E-state index contributed by atoms with van der Waals surface area (Å²) in [5.41, 5.74) is 0. The summed E-state index contributed by atoms with van der Waals surface area (Å²) in [6, 6.07) is 1.89. The van der Waals surface area contributed by atoms with Crippen molar-refractivity contribution in [2.45, 2.75) is 19.6 Å². The highest BCUT2D eigenvalue weighted by molar-refractivity contribution is 5.75. The highest BCUT2D eigenvalue weighted by atomic mass is 16.7. The van der Waals surface area contributed by atoms with Gasteiger partial charge in [-0.1, -0.05) is 0 Å². The molecule has 5 nitrogen and oxygen atoms in total. The number of fused-ring (bicyclic) bond motifs is 1. The number of hydrogen-bond acceptors (Lipinski definition) is 5. The van der Waals surface area contributed by atoms with Crippen LogP contribution in [0.4, 0.5) is 0 Å². The molecule has 0 spiro atoms. The van der Waals surface area contributed by atoms with Crippen molar-refractivity contribution in [3.63, 3.8) is 0 Å². The third kappa shape index (κ3) is 1.89. The molecule has 0 aromatic heterocycles. The van der Waals surface area contributed by atoms with E-state index in [4.69, 9.17) is 19.5 Å². The number of nitrogens with zero attached hydrogens (tertiary/aromatic N) is 1. The van der Waals surface area contributed by atoms with E-state index in [0.29, 0.717) is 13.2 Å². The van der Waals surface area contributed by atoms with Crippen LogP contribution in [0.5, 0.6) is 0 Å². The maximum absolute atomic E-state index is 11.7. The van der Waals surface area contributed by atoms with Crippen molar-refractivity contribution < 1.29 is 19.0 Å². The summed E-state index contributed by atoms with van der Waals surface area (Å²) in [6.45, 7) is 2.65. The van der Waals surface area contributed by atoms with Crippen LogP contribution >= 0.6 is 0 Å². The smallest absolute Gasteiger partial charge is 0.313 e. The summed E-state index contributed by atoms with van der Waals surface area (Å²) in [7, 11) is 0. The fraction of sp³-hybridized carbons (Fsp3) is 0.636. The first-order chi connectivity index (χ1) is 7.76. The van der Waals surface area contributed by atoms with Crippen LogP contribution in [0.25, 0.3) is 0 Å². The van der Waals surface area contributed by atoms with Gasteiger partial charge in [-0.2, -0.15) is 5.26 Å². The van der Waals surface area contributed by atoms with Gasteiger partial charge in [0.2, 0.25) is 6.29 Å². The predicted octanol–water partition coefficient (Wildman–Crippen LogP) is 0.966. The lowest BCUT2D eigenvalue weighted by atomic mass is 9.88. The maximum Gasteiger partial charge on any atom is 0.313 e. The van der Waals surface area contributed by atoms with Crippen molar-refractivity contribution in [2.75, 3.05) is 13.2 Å². The van der Waals surface area contributed by atoms with Crippen LogP contribution in [0, 0.1) is 23.2 Å². The molecule has 2 aliphatic heterocycles. The van der Waals surface area contributed by atoms with Crippen molar-refractivity contribution in [3.8, 4) is 6.07 Å². The third-order valence-corrected chi connectivity index (χ3v) is 2.79. The van der Waals surface area contributed by atoms with Gasteiger partial charge in [-0.15, -0.1) is 0 Å². The van der Waals surface area contributed by atoms with E-state index in [-0.39, 0.29) is 17.6 Å². The van der Waals surface area contributed by atoms with Gasteiger partial charge in [0, 0.05) is 5.92 Å². The maximum atomic E-state index is 11.7. The van der Waals surface area contributed by atoms with Gasteiger partial charge in [0.15, 0.2) is 5.76 Å². The Hall–Kier alpha value is -1.54. The summed E-state index contributed by atoms with van der Waals surface area (Å²) in [4.78, 5) is 11.7. The zero-order valence-electron chi connectivity index (χ0n) is 9.01. The molecule has 1 fully saturated rings. The van der Waals surface area contributed by atoms with E-state index in [0.717, 1.165) is 6.42 Å². The minimum atomic E-state index is -0.478. The topological polar surface area (TPSA) is 68.6 Å². The Morgan fingerprint density at radius 1 is 1.75 bits per heavy atom. The molecule has 0 bridgehead atoms. The number of rotatable bonds is 2. The van der Waals surface area contributed by atoms with Crippen LogP contribution in [0.3, 0.4) is 0 Å². The molecular weight excluding hydrogens is 210 g/mol. The van der Waals surface area contributed by atoms with Gasteiger partial charge >= 0.3 is 5.97 Å². The van der Waals surface area contributed by atoms with Gasteiger partial charge in [0.1, 0.15) is 6.07 Å². The van der Waals surface area contributed by atoms with Gasteiger partial charge in [-0.05, 0) is 19.4 Å².